The summed E-state index contributed by atoms with van der Waals surface area (Å²) in [5.74, 6) is 1.66. The Morgan fingerprint density at radius 3 is 2.38 bits per heavy atom. The molecule has 0 aliphatic heterocycles. The quantitative estimate of drug-likeness (QED) is 0.512. The number of hydrogen-bond donors (Lipinski definition) is 4. The lowest BCUT2D eigenvalue weighted by Crippen LogP contribution is -2.62. The molecular formula is C27H46O5. The summed E-state index contributed by atoms with van der Waals surface area (Å²) in [6.45, 7) is 9.92. The average molecular weight is 451 g/mol. The summed E-state index contributed by atoms with van der Waals surface area (Å²) in [7, 11) is 0. The predicted octanol–water partition coefficient (Wildman–Crippen LogP) is 3.70. The first-order chi connectivity index (χ1) is 14.8. The lowest BCUT2D eigenvalue weighted by Gasteiger charge is -2.63. The Labute approximate surface area is 194 Å². The van der Waals surface area contributed by atoms with Gasteiger partial charge in [0.25, 0.3) is 0 Å². The SMILES string of the molecule is C[C@H](CCC(=O)C(C)(C)O)[C@H]1CC[C@H]2[C@@H]3C(O)CC4CC(O)CC[C@]4(C)[C@H]3CC(O)[C@]12C. The number of hydrogen-bond acceptors (Lipinski definition) is 5. The molecular weight excluding hydrogens is 404 g/mol. The molecule has 4 saturated carbocycles. The van der Waals surface area contributed by atoms with Crippen LogP contribution in [-0.2, 0) is 4.79 Å². The highest BCUT2D eigenvalue weighted by Gasteiger charge is 2.65. The van der Waals surface area contributed by atoms with E-state index in [0.29, 0.717) is 30.1 Å². The first-order valence-electron chi connectivity index (χ1n) is 13.1. The molecule has 5 nitrogen and oxygen atoms in total. The molecule has 0 aromatic heterocycles. The van der Waals surface area contributed by atoms with E-state index in [0.717, 1.165) is 51.4 Å². The van der Waals surface area contributed by atoms with Crippen molar-refractivity contribution in [1.82, 2.24) is 0 Å². The second-order valence-electron chi connectivity index (χ2n) is 13.0. The molecule has 0 radical (unpaired) electrons. The molecule has 4 aliphatic rings. The summed E-state index contributed by atoms with van der Waals surface area (Å²) in [6.07, 6.45) is 6.28. The van der Waals surface area contributed by atoms with E-state index < -0.39 is 11.7 Å². The molecule has 0 heterocycles. The minimum Gasteiger partial charge on any atom is -0.393 e. The fourth-order valence-corrected chi connectivity index (χ4v) is 9.00. The Bertz CT molecular complexity index is 715. The monoisotopic (exact) mass is 450 g/mol. The van der Waals surface area contributed by atoms with Gasteiger partial charge >= 0.3 is 0 Å². The lowest BCUT2D eigenvalue weighted by atomic mass is 9.43. The van der Waals surface area contributed by atoms with E-state index >= 15 is 0 Å². The summed E-state index contributed by atoms with van der Waals surface area (Å²) in [6, 6.07) is 0. The average Bonchev–Trinajstić information content (AvgIpc) is 3.06. The Balaban J connectivity index is 1.55. The van der Waals surface area contributed by atoms with Crippen molar-refractivity contribution in [2.24, 2.45) is 46.3 Å². The minimum atomic E-state index is -1.29. The molecule has 184 valence electrons. The van der Waals surface area contributed by atoms with Crippen LogP contribution in [0.3, 0.4) is 0 Å². The van der Waals surface area contributed by atoms with Crippen molar-refractivity contribution in [2.75, 3.05) is 0 Å². The standard InChI is InChI=1S/C27H46O5/c1-15(6-9-22(30)25(2,3)32)18-7-8-19-24-20(14-23(31)27(18,19)5)26(4)11-10-17(28)12-16(26)13-21(24)29/h15-21,23-24,28-29,31-32H,6-14H2,1-5H3/t15-,16?,17?,18-,19+,20+,21?,23?,24+,26+,27-/m1/s1. The van der Waals surface area contributed by atoms with Gasteiger partial charge in [0.2, 0.25) is 0 Å². The third-order valence-electron chi connectivity index (χ3n) is 11.0. The topological polar surface area (TPSA) is 98.0 Å². The van der Waals surface area contributed by atoms with E-state index in [2.05, 4.69) is 20.8 Å². The minimum absolute atomic E-state index is 0.0915. The smallest absolute Gasteiger partial charge is 0.163 e. The van der Waals surface area contributed by atoms with Gasteiger partial charge in [0.15, 0.2) is 5.78 Å². The number of carbonyl (C=O) groups is 1. The summed E-state index contributed by atoms with van der Waals surface area (Å²) in [4.78, 5) is 12.3. The Morgan fingerprint density at radius 1 is 1.03 bits per heavy atom. The van der Waals surface area contributed by atoms with Gasteiger partial charge in [-0.15, -0.1) is 0 Å². The van der Waals surface area contributed by atoms with Crippen molar-refractivity contribution in [3.8, 4) is 0 Å². The maximum atomic E-state index is 12.3. The maximum Gasteiger partial charge on any atom is 0.163 e. The van der Waals surface area contributed by atoms with E-state index in [9.17, 15) is 25.2 Å². The zero-order chi connectivity index (χ0) is 23.6. The molecule has 0 spiro atoms. The summed E-state index contributed by atoms with van der Waals surface area (Å²) >= 11 is 0. The Hall–Kier alpha value is -0.490. The highest BCUT2D eigenvalue weighted by molar-refractivity contribution is 5.86. The van der Waals surface area contributed by atoms with Crippen molar-refractivity contribution >= 4 is 5.78 Å². The molecule has 32 heavy (non-hydrogen) atoms. The van der Waals surface area contributed by atoms with Crippen LogP contribution in [0.5, 0.6) is 0 Å². The van der Waals surface area contributed by atoms with Gasteiger partial charge < -0.3 is 20.4 Å². The van der Waals surface area contributed by atoms with Crippen LogP contribution in [0, 0.1) is 46.3 Å². The second-order valence-corrected chi connectivity index (χ2v) is 13.0. The third-order valence-corrected chi connectivity index (χ3v) is 11.0. The third kappa shape index (κ3) is 3.79. The highest BCUT2D eigenvalue weighted by Crippen LogP contribution is 2.68. The number of Topliss-reactive ketones (excluding diaryl/α,β-unsaturated/α-hetero) is 1. The van der Waals surface area contributed by atoms with E-state index in [1.54, 1.807) is 13.8 Å². The van der Waals surface area contributed by atoms with Crippen LogP contribution >= 0.6 is 0 Å². The molecule has 4 rings (SSSR count). The van der Waals surface area contributed by atoms with Crippen molar-refractivity contribution in [3.05, 3.63) is 0 Å². The van der Waals surface area contributed by atoms with Crippen molar-refractivity contribution < 1.29 is 25.2 Å². The van der Waals surface area contributed by atoms with Crippen LogP contribution in [0.1, 0.15) is 92.4 Å². The van der Waals surface area contributed by atoms with Gasteiger partial charge in [-0.1, -0.05) is 20.8 Å². The Kier molecular flexibility index (Phi) is 6.40. The summed E-state index contributed by atoms with van der Waals surface area (Å²) < 4.78 is 0. The molecule has 4 fully saturated rings. The normalized spacial score (nSPS) is 49.7. The van der Waals surface area contributed by atoms with Gasteiger partial charge in [0.05, 0.1) is 18.3 Å². The predicted molar refractivity (Wildman–Crippen MR) is 124 cm³/mol. The molecule has 4 aliphatic carbocycles. The van der Waals surface area contributed by atoms with Gasteiger partial charge in [0.1, 0.15) is 5.60 Å². The maximum absolute atomic E-state index is 12.3. The fraction of sp³-hybridized carbons (Fsp3) is 0.963. The number of fused-ring (bicyclic) bond motifs is 5. The zero-order valence-electron chi connectivity index (χ0n) is 20.8. The lowest BCUT2D eigenvalue weighted by molar-refractivity contribution is -0.207. The summed E-state index contributed by atoms with van der Waals surface area (Å²) in [5.41, 5.74) is -1.43. The molecule has 11 atom stereocenters. The molecule has 4 unspecified atom stereocenters. The summed E-state index contributed by atoms with van der Waals surface area (Å²) in [5, 5.41) is 43.2. The second kappa shape index (κ2) is 8.32. The zero-order valence-corrected chi connectivity index (χ0v) is 20.8. The van der Waals surface area contributed by atoms with Crippen molar-refractivity contribution in [1.29, 1.82) is 0 Å². The molecule has 0 aromatic carbocycles. The van der Waals surface area contributed by atoms with Gasteiger partial charge in [-0.2, -0.15) is 0 Å². The molecule has 5 heteroatoms. The van der Waals surface area contributed by atoms with Crippen molar-refractivity contribution in [2.45, 2.75) is 116 Å². The van der Waals surface area contributed by atoms with E-state index in [-0.39, 0.29) is 40.7 Å². The number of aliphatic hydroxyl groups is 4. The molecule has 0 bridgehead atoms. The largest absolute Gasteiger partial charge is 0.393 e. The molecule has 0 aromatic rings. The van der Waals surface area contributed by atoms with Crippen LogP contribution in [0.4, 0.5) is 0 Å². The van der Waals surface area contributed by atoms with Gasteiger partial charge in [-0.25, -0.2) is 0 Å². The van der Waals surface area contributed by atoms with Gasteiger partial charge in [-0.05, 0) is 112 Å². The number of carbonyl (C=O) groups excluding carboxylic acids is 1. The molecule has 4 N–H and O–H groups in total. The van der Waals surface area contributed by atoms with E-state index in [1.807, 2.05) is 0 Å². The first kappa shape index (κ1) is 24.6. The fourth-order valence-electron chi connectivity index (χ4n) is 9.00. The highest BCUT2D eigenvalue weighted by atomic mass is 16.3. The van der Waals surface area contributed by atoms with Gasteiger partial charge in [0, 0.05) is 6.42 Å². The molecule has 0 saturated heterocycles. The van der Waals surface area contributed by atoms with Crippen LogP contribution in [0.2, 0.25) is 0 Å². The van der Waals surface area contributed by atoms with E-state index in [4.69, 9.17) is 0 Å². The number of aliphatic hydroxyl groups excluding tert-OH is 3. The van der Waals surface area contributed by atoms with Crippen molar-refractivity contribution in [3.63, 3.8) is 0 Å². The van der Waals surface area contributed by atoms with Crippen LogP contribution in [-0.4, -0.2) is 50.1 Å². The van der Waals surface area contributed by atoms with E-state index in [1.165, 1.54) is 0 Å². The van der Waals surface area contributed by atoms with Crippen LogP contribution in [0.15, 0.2) is 0 Å². The number of rotatable bonds is 5. The first-order valence-corrected chi connectivity index (χ1v) is 13.1. The van der Waals surface area contributed by atoms with Crippen LogP contribution < -0.4 is 0 Å². The number of ketones is 1. The van der Waals surface area contributed by atoms with Crippen LogP contribution in [0.25, 0.3) is 0 Å². The molecule has 0 amide bonds. The van der Waals surface area contributed by atoms with Gasteiger partial charge in [-0.3, -0.25) is 4.79 Å². The Morgan fingerprint density at radius 2 is 1.72 bits per heavy atom.